The third kappa shape index (κ3) is 4.32. The van der Waals surface area contributed by atoms with E-state index in [0.717, 1.165) is 16.8 Å². The fraction of sp³-hybridized carbons (Fsp3) is 0.333. The van der Waals surface area contributed by atoms with Crippen LogP contribution in [0.4, 0.5) is 14.5 Å². The minimum atomic E-state index is -3.53. The fourth-order valence-electron chi connectivity index (χ4n) is 2.17. The van der Waals surface area contributed by atoms with Crippen molar-refractivity contribution in [3.8, 4) is 5.75 Å². The highest BCUT2D eigenvalue weighted by Gasteiger charge is 2.19. The van der Waals surface area contributed by atoms with E-state index in [1.54, 1.807) is 0 Å². The Morgan fingerprint density at radius 3 is 2.64 bits per heavy atom. The molecule has 1 amide bonds. The van der Waals surface area contributed by atoms with Crippen LogP contribution in [0.5, 0.6) is 5.75 Å². The number of benzene rings is 1. The second kappa shape index (κ2) is 7.18. The molecule has 0 saturated heterocycles. The van der Waals surface area contributed by atoms with Crippen molar-refractivity contribution in [1.82, 2.24) is 9.78 Å². The van der Waals surface area contributed by atoms with Gasteiger partial charge in [0.05, 0.1) is 22.0 Å². The lowest BCUT2D eigenvalue weighted by molar-refractivity contribution is -0.117. The Kier molecular flexibility index (Phi) is 5.41. The zero-order chi connectivity index (χ0) is 18.8. The Labute approximate surface area is 143 Å². The van der Waals surface area contributed by atoms with E-state index in [1.807, 2.05) is 0 Å². The van der Waals surface area contributed by atoms with Gasteiger partial charge < -0.3 is 10.4 Å². The van der Waals surface area contributed by atoms with Crippen molar-refractivity contribution in [1.29, 1.82) is 0 Å². The second-order valence-corrected chi connectivity index (χ2v) is 7.58. The molecule has 0 spiro atoms. The molecule has 1 aromatic heterocycles. The summed E-state index contributed by atoms with van der Waals surface area (Å²) in [7, 11) is -3.53. The van der Waals surface area contributed by atoms with Gasteiger partial charge in [-0.3, -0.25) is 9.48 Å². The minimum absolute atomic E-state index is 0.0636. The lowest BCUT2D eigenvalue weighted by atomic mass is 10.3. The smallest absolute Gasteiger partial charge is 0.280 e. The van der Waals surface area contributed by atoms with Crippen LogP contribution in [-0.4, -0.2) is 35.0 Å². The number of anilines is 1. The number of nitrogens with one attached hydrogen (secondary N) is 1. The SMILES string of the molecule is CCS(=O)(=O)c1ccc(O)c(NC(=O)Cn2nc(C)cc2C(F)F)c1. The third-order valence-corrected chi connectivity index (χ3v) is 5.16. The molecule has 136 valence electrons. The van der Waals surface area contributed by atoms with Crippen LogP contribution in [0.3, 0.4) is 0 Å². The molecule has 0 aliphatic carbocycles. The molecule has 10 heteroatoms. The number of nitrogens with zero attached hydrogens (tertiary/aromatic N) is 2. The first-order valence-corrected chi connectivity index (χ1v) is 8.97. The predicted octanol–water partition coefficient (Wildman–Crippen LogP) is 2.27. The van der Waals surface area contributed by atoms with Crippen molar-refractivity contribution in [3.05, 3.63) is 35.7 Å². The number of rotatable bonds is 6. The summed E-state index contributed by atoms with van der Waals surface area (Å²) in [4.78, 5) is 12.0. The number of carbonyl (C=O) groups excluding carboxylic acids is 1. The van der Waals surface area contributed by atoms with E-state index in [0.29, 0.717) is 5.69 Å². The van der Waals surface area contributed by atoms with E-state index in [1.165, 1.54) is 26.0 Å². The van der Waals surface area contributed by atoms with E-state index in [9.17, 15) is 27.1 Å². The summed E-state index contributed by atoms with van der Waals surface area (Å²) in [5, 5.41) is 15.9. The normalized spacial score (nSPS) is 11.7. The Morgan fingerprint density at radius 2 is 2.04 bits per heavy atom. The zero-order valence-electron chi connectivity index (χ0n) is 13.5. The summed E-state index contributed by atoms with van der Waals surface area (Å²) in [6, 6.07) is 4.65. The number of alkyl halides is 2. The van der Waals surface area contributed by atoms with E-state index in [4.69, 9.17) is 0 Å². The van der Waals surface area contributed by atoms with Gasteiger partial charge in [-0.1, -0.05) is 6.92 Å². The second-order valence-electron chi connectivity index (χ2n) is 5.30. The molecule has 2 aromatic rings. The monoisotopic (exact) mass is 373 g/mol. The molecule has 1 heterocycles. The van der Waals surface area contributed by atoms with Crippen molar-refractivity contribution in [3.63, 3.8) is 0 Å². The third-order valence-electron chi connectivity index (χ3n) is 3.43. The number of phenolic OH excluding ortho intramolecular Hbond substituents is 1. The Morgan fingerprint density at radius 1 is 1.36 bits per heavy atom. The van der Waals surface area contributed by atoms with Crippen molar-refractivity contribution in [2.24, 2.45) is 0 Å². The van der Waals surface area contributed by atoms with E-state index in [2.05, 4.69) is 10.4 Å². The van der Waals surface area contributed by atoms with Gasteiger partial charge in [-0.05, 0) is 31.2 Å². The number of phenols is 1. The number of aromatic nitrogens is 2. The van der Waals surface area contributed by atoms with Crippen LogP contribution < -0.4 is 5.32 Å². The van der Waals surface area contributed by atoms with Crippen molar-refractivity contribution < 1.29 is 27.1 Å². The van der Waals surface area contributed by atoms with Crippen LogP contribution >= 0.6 is 0 Å². The van der Waals surface area contributed by atoms with Crippen molar-refractivity contribution in [2.45, 2.75) is 31.7 Å². The van der Waals surface area contributed by atoms with Gasteiger partial charge in [0, 0.05) is 0 Å². The Hall–Kier alpha value is -2.49. The van der Waals surface area contributed by atoms with Crippen LogP contribution in [0, 0.1) is 6.92 Å². The van der Waals surface area contributed by atoms with Crippen LogP contribution in [0.25, 0.3) is 0 Å². The lowest BCUT2D eigenvalue weighted by Crippen LogP contribution is -2.21. The average molecular weight is 373 g/mol. The molecule has 0 radical (unpaired) electrons. The fourth-order valence-corrected chi connectivity index (χ4v) is 3.08. The van der Waals surface area contributed by atoms with Gasteiger partial charge in [0.2, 0.25) is 5.91 Å². The van der Waals surface area contributed by atoms with Crippen LogP contribution in [0.15, 0.2) is 29.2 Å². The molecule has 0 aliphatic rings. The molecule has 1 aromatic carbocycles. The molecule has 25 heavy (non-hydrogen) atoms. The number of sulfone groups is 1. The molecular weight excluding hydrogens is 356 g/mol. The topological polar surface area (TPSA) is 101 Å². The maximum atomic E-state index is 12.9. The summed E-state index contributed by atoms with van der Waals surface area (Å²) in [5.74, 6) is -1.21. The van der Waals surface area contributed by atoms with Crippen LogP contribution in [-0.2, 0) is 21.2 Å². The summed E-state index contributed by atoms with van der Waals surface area (Å²) < 4.78 is 50.4. The molecular formula is C15H17F2N3O4S. The minimum Gasteiger partial charge on any atom is -0.506 e. The average Bonchev–Trinajstić information content (AvgIpc) is 2.90. The molecule has 0 fully saturated rings. The first-order chi connectivity index (χ1) is 11.6. The highest BCUT2D eigenvalue weighted by Crippen LogP contribution is 2.27. The molecule has 7 nitrogen and oxygen atoms in total. The summed E-state index contributed by atoms with van der Waals surface area (Å²) >= 11 is 0. The van der Waals surface area contributed by atoms with Gasteiger partial charge in [-0.15, -0.1) is 0 Å². The molecule has 0 bridgehead atoms. The van der Waals surface area contributed by atoms with Gasteiger partial charge in [-0.25, -0.2) is 17.2 Å². The van der Waals surface area contributed by atoms with E-state index < -0.39 is 34.4 Å². The Bertz CT molecular complexity index is 894. The molecule has 2 N–H and O–H groups in total. The molecule has 2 rings (SSSR count). The van der Waals surface area contributed by atoms with Crippen LogP contribution in [0.1, 0.15) is 24.7 Å². The van der Waals surface area contributed by atoms with E-state index in [-0.39, 0.29) is 22.1 Å². The number of aryl methyl sites for hydroxylation is 1. The highest BCUT2D eigenvalue weighted by molar-refractivity contribution is 7.91. The number of aromatic hydroxyl groups is 1. The summed E-state index contributed by atoms with van der Waals surface area (Å²) in [6.45, 7) is 2.48. The number of carbonyl (C=O) groups is 1. The molecule has 0 unspecified atom stereocenters. The van der Waals surface area contributed by atoms with E-state index >= 15 is 0 Å². The molecule has 0 aliphatic heterocycles. The van der Waals surface area contributed by atoms with Gasteiger partial charge in [0.25, 0.3) is 6.43 Å². The van der Waals surface area contributed by atoms with Gasteiger partial charge >= 0.3 is 0 Å². The van der Waals surface area contributed by atoms with Crippen molar-refractivity contribution in [2.75, 3.05) is 11.1 Å². The standard InChI is InChI=1S/C15H17F2N3O4S/c1-3-25(23,24)10-4-5-13(21)11(7-10)18-14(22)8-20-12(15(16)17)6-9(2)19-20/h4-7,15,21H,3,8H2,1-2H3,(H,18,22). The van der Waals surface area contributed by atoms with Gasteiger partial charge in [-0.2, -0.15) is 5.10 Å². The maximum absolute atomic E-state index is 12.9. The Balaban J connectivity index is 2.23. The first kappa shape index (κ1) is 18.8. The predicted molar refractivity (Wildman–Crippen MR) is 86.4 cm³/mol. The van der Waals surface area contributed by atoms with Crippen LogP contribution in [0.2, 0.25) is 0 Å². The van der Waals surface area contributed by atoms with Gasteiger partial charge in [0.15, 0.2) is 9.84 Å². The van der Waals surface area contributed by atoms with Gasteiger partial charge in [0.1, 0.15) is 18.0 Å². The molecule has 0 atom stereocenters. The lowest BCUT2D eigenvalue weighted by Gasteiger charge is -2.11. The zero-order valence-corrected chi connectivity index (χ0v) is 14.3. The largest absolute Gasteiger partial charge is 0.506 e. The number of hydrogen-bond acceptors (Lipinski definition) is 5. The molecule has 0 saturated carbocycles. The highest BCUT2D eigenvalue weighted by atomic mass is 32.2. The number of amides is 1. The maximum Gasteiger partial charge on any atom is 0.280 e. The summed E-state index contributed by atoms with van der Waals surface area (Å²) in [6.07, 6.45) is -2.79. The number of hydrogen-bond donors (Lipinski definition) is 2. The summed E-state index contributed by atoms with van der Waals surface area (Å²) in [5.41, 5.74) is -0.192. The number of halogens is 2. The first-order valence-electron chi connectivity index (χ1n) is 7.32. The quantitative estimate of drug-likeness (QED) is 0.757. The van der Waals surface area contributed by atoms with Crippen molar-refractivity contribution >= 4 is 21.4 Å².